The summed E-state index contributed by atoms with van der Waals surface area (Å²) in [6, 6.07) is 7.57. The summed E-state index contributed by atoms with van der Waals surface area (Å²) in [6.07, 6.45) is 0.0747. The highest BCUT2D eigenvalue weighted by molar-refractivity contribution is 6.32. The molecule has 0 bridgehead atoms. The first-order valence-electron chi connectivity index (χ1n) is 6.68. The zero-order chi connectivity index (χ0) is 15.7. The molecule has 114 valence electrons. The summed E-state index contributed by atoms with van der Waals surface area (Å²) in [5, 5.41) is 19.2. The van der Waals surface area contributed by atoms with Crippen molar-refractivity contribution in [3.05, 3.63) is 46.5 Å². The van der Waals surface area contributed by atoms with Crippen molar-refractivity contribution >= 4 is 17.4 Å². The Bertz CT molecular complexity index is 742. The summed E-state index contributed by atoms with van der Waals surface area (Å²) in [7, 11) is 0. The van der Waals surface area contributed by atoms with Crippen molar-refractivity contribution in [3.8, 4) is 23.0 Å². The van der Waals surface area contributed by atoms with Crippen LogP contribution < -0.4 is 9.47 Å². The third kappa shape index (κ3) is 2.80. The number of hydrogen-bond acceptors (Lipinski definition) is 5. The van der Waals surface area contributed by atoms with Gasteiger partial charge in [0.05, 0.1) is 10.6 Å². The molecule has 0 saturated heterocycles. The quantitative estimate of drug-likeness (QED) is 0.850. The summed E-state index contributed by atoms with van der Waals surface area (Å²) in [5.74, 6) is 0.373. The van der Waals surface area contributed by atoms with Crippen LogP contribution in [0.2, 0.25) is 5.02 Å². The molecule has 2 aromatic rings. The number of carbonyl (C=O) groups is 1. The van der Waals surface area contributed by atoms with E-state index in [9.17, 15) is 15.0 Å². The lowest BCUT2D eigenvalue weighted by Gasteiger charge is -2.18. The summed E-state index contributed by atoms with van der Waals surface area (Å²) in [6.45, 7) is 0.976. The fourth-order valence-corrected chi connectivity index (χ4v) is 2.42. The molecule has 1 aliphatic heterocycles. The molecule has 0 fully saturated rings. The normalized spacial score (nSPS) is 13.0. The molecule has 22 heavy (non-hydrogen) atoms. The number of fused-ring (bicyclic) bond motifs is 1. The van der Waals surface area contributed by atoms with Gasteiger partial charge >= 0.3 is 0 Å². The van der Waals surface area contributed by atoms with Crippen molar-refractivity contribution in [2.24, 2.45) is 0 Å². The fraction of sp³-hybridized carbons (Fsp3) is 0.188. The van der Waals surface area contributed by atoms with Crippen LogP contribution in [0.15, 0.2) is 30.3 Å². The third-order valence-electron chi connectivity index (χ3n) is 3.34. The number of Topliss-reactive ketones (excluding diaryl/α,β-unsaturated/α-hetero) is 1. The Balaban J connectivity index is 1.84. The minimum Gasteiger partial charge on any atom is -0.507 e. The number of hydrogen-bond donors (Lipinski definition) is 2. The van der Waals surface area contributed by atoms with Crippen LogP contribution in [0.25, 0.3) is 0 Å². The smallest absolute Gasteiger partial charge is 0.171 e. The first kappa shape index (κ1) is 14.5. The number of carbonyl (C=O) groups excluding carboxylic acids is 1. The molecule has 5 nitrogen and oxygen atoms in total. The van der Waals surface area contributed by atoms with Gasteiger partial charge in [0.2, 0.25) is 0 Å². The molecule has 6 heteroatoms. The lowest BCUT2D eigenvalue weighted by Crippen LogP contribution is -2.15. The fourth-order valence-electron chi connectivity index (χ4n) is 2.25. The maximum Gasteiger partial charge on any atom is 0.171 e. The largest absolute Gasteiger partial charge is 0.507 e. The van der Waals surface area contributed by atoms with Crippen LogP contribution in [0, 0.1) is 0 Å². The summed E-state index contributed by atoms with van der Waals surface area (Å²) in [5.41, 5.74) is 0.801. The Labute approximate surface area is 131 Å². The van der Waals surface area contributed by atoms with Crippen molar-refractivity contribution in [1.82, 2.24) is 0 Å². The number of benzene rings is 2. The molecule has 2 aromatic carbocycles. The van der Waals surface area contributed by atoms with Crippen LogP contribution in [0.5, 0.6) is 23.0 Å². The summed E-state index contributed by atoms with van der Waals surface area (Å²) >= 11 is 5.78. The highest BCUT2D eigenvalue weighted by atomic mass is 35.5. The molecule has 1 heterocycles. The predicted molar refractivity (Wildman–Crippen MR) is 80.2 cm³/mol. The van der Waals surface area contributed by atoms with E-state index in [1.54, 1.807) is 18.2 Å². The van der Waals surface area contributed by atoms with Crippen LogP contribution in [-0.2, 0) is 6.42 Å². The average molecular weight is 321 g/mol. The van der Waals surface area contributed by atoms with Crippen LogP contribution in [0.4, 0.5) is 0 Å². The average Bonchev–Trinajstić information content (AvgIpc) is 2.50. The maximum atomic E-state index is 12.3. The number of halogens is 1. The van der Waals surface area contributed by atoms with Gasteiger partial charge in [0.15, 0.2) is 17.3 Å². The lowest BCUT2D eigenvalue weighted by molar-refractivity contribution is 0.0990. The van der Waals surface area contributed by atoms with Gasteiger partial charge in [-0.25, -0.2) is 0 Å². The third-order valence-corrected chi connectivity index (χ3v) is 3.64. The van der Waals surface area contributed by atoms with E-state index in [1.165, 1.54) is 6.07 Å². The van der Waals surface area contributed by atoms with E-state index < -0.39 is 0 Å². The Morgan fingerprint density at radius 3 is 2.55 bits per heavy atom. The second kappa shape index (κ2) is 5.77. The van der Waals surface area contributed by atoms with Gasteiger partial charge in [-0.15, -0.1) is 0 Å². The molecule has 1 aliphatic rings. The van der Waals surface area contributed by atoms with Crippen molar-refractivity contribution in [1.29, 1.82) is 0 Å². The van der Waals surface area contributed by atoms with Crippen molar-refractivity contribution in [2.45, 2.75) is 6.42 Å². The molecular formula is C16H13ClO5. The van der Waals surface area contributed by atoms with E-state index in [4.69, 9.17) is 21.1 Å². The van der Waals surface area contributed by atoms with Crippen molar-refractivity contribution in [3.63, 3.8) is 0 Å². The summed E-state index contributed by atoms with van der Waals surface area (Å²) < 4.78 is 10.9. The molecule has 0 amide bonds. The molecule has 0 spiro atoms. The highest BCUT2D eigenvalue weighted by Crippen LogP contribution is 2.33. The molecule has 2 N–H and O–H groups in total. The highest BCUT2D eigenvalue weighted by Gasteiger charge is 2.17. The molecule has 0 aromatic heterocycles. The molecule has 0 radical (unpaired) electrons. The zero-order valence-corrected chi connectivity index (χ0v) is 12.3. The molecular weight excluding hydrogens is 308 g/mol. The van der Waals surface area contributed by atoms with E-state index >= 15 is 0 Å². The van der Waals surface area contributed by atoms with Gasteiger partial charge in [-0.1, -0.05) is 17.7 Å². The van der Waals surface area contributed by atoms with Gasteiger partial charge in [0.1, 0.15) is 24.7 Å². The minimum atomic E-state index is -0.309. The predicted octanol–water partition coefficient (Wildman–Crippen LogP) is 2.95. The van der Waals surface area contributed by atoms with E-state index in [2.05, 4.69) is 0 Å². The van der Waals surface area contributed by atoms with Crippen LogP contribution in [-0.4, -0.2) is 29.2 Å². The number of phenolic OH excluding ortho intramolecular Hbond substituents is 2. The monoisotopic (exact) mass is 320 g/mol. The Morgan fingerprint density at radius 2 is 1.77 bits per heavy atom. The Morgan fingerprint density at radius 1 is 1.05 bits per heavy atom. The topological polar surface area (TPSA) is 76.0 Å². The Kier molecular flexibility index (Phi) is 3.81. The van der Waals surface area contributed by atoms with Gasteiger partial charge in [0.25, 0.3) is 0 Å². The number of ketones is 1. The zero-order valence-electron chi connectivity index (χ0n) is 11.5. The maximum absolute atomic E-state index is 12.3. The minimum absolute atomic E-state index is 0.0170. The first-order chi connectivity index (χ1) is 10.5. The van der Waals surface area contributed by atoms with Gasteiger partial charge < -0.3 is 19.7 Å². The molecule has 0 atom stereocenters. The van der Waals surface area contributed by atoms with Gasteiger partial charge in [-0.3, -0.25) is 4.79 Å². The Hall–Kier alpha value is -2.40. The first-order valence-corrected chi connectivity index (χ1v) is 7.05. The standard InChI is InChI=1S/C16H13ClO5/c17-11-7-10(13(19)8-14(11)20)12(18)5-9-1-2-15-16(6-9)22-4-3-21-15/h1-2,6-8,19-20H,3-5H2. The molecule has 0 saturated carbocycles. The number of ether oxygens (including phenoxy) is 2. The van der Waals surface area contributed by atoms with Gasteiger partial charge in [0, 0.05) is 12.5 Å². The van der Waals surface area contributed by atoms with Crippen LogP contribution in [0.3, 0.4) is 0 Å². The van der Waals surface area contributed by atoms with E-state index in [0.29, 0.717) is 24.7 Å². The molecule has 3 rings (SSSR count). The second-order valence-corrected chi connectivity index (χ2v) is 5.31. The summed E-state index contributed by atoms with van der Waals surface area (Å²) in [4.78, 5) is 12.3. The lowest BCUT2D eigenvalue weighted by atomic mass is 10.0. The van der Waals surface area contributed by atoms with Crippen molar-refractivity contribution in [2.75, 3.05) is 13.2 Å². The number of phenols is 2. The van der Waals surface area contributed by atoms with E-state index in [-0.39, 0.29) is 34.3 Å². The van der Waals surface area contributed by atoms with Crippen LogP contribution >= 0.6 is 11.6 Å². The van der Waals surface area contributed by atoms with E-state index in [1.807, 2.05) is 0 Å². The SMILES string of the molecule is O=C(Cc1ccc2c(c1)OCCO2)c1cc(Cl)c(O)cc1O. The number of aromatic hydroxyl groups is 2. The number of rotatable bonds is 3. The van der Waals surface area contributed by atoms with E-state index in [0.717, 1.165) is 11.6 Å². The van der Waals surface area contributed by atoms with Gasteiger partial charge in [-0.2, -0.15) is 0 Å². The molecule has 0 unspecified atom stereocenters. The van der Waals surface area contributed by atoms with Crippen LogP contribution in [0.1, 0.15) is 15.9 Å². The van der Waals surface area contributed by atoms with Crippen molar-refractivity contribution < 1.29 is 24.5 Å². The van der Waals surface area contributed by atoms with Gasteiger partial charge in [-0.05, 0) is 23.8 Å². The molecule has 0 aliphatic carbocycles. The second-order valence-electron chi connectivity index (χ2n) is 4.90.